The van der Waals surface area contributed by atoms with E-state index in [4.69, 9.17) is 0 Å². The maximum Gasteiger partial charge on any atom is 0.327 e. The lowest BCUT2D eigenvalue weighted by Gasteiger charge is -2.16. The Morgan fingerprint density at radius 2 is 2.04 bits per heavy atom. The summed E-state index contributed by atoms with van der Waals surface area (Å²) in [7, 11) is 0. The highest BCUT2D eigenvalue weighted by atomic mass is 16.4. The van der Waals surface area contributed by atoms with Gasteiger partial charge in [0.15, 0.2) is 0 Å². The molecule has 0 amide bonds. The highest BCUT2D eigenvalue weighted by Crippen LogP contribution is 2.23. The van der Waals surface area contributed by atoms with Crippen molar-refractivity contribution < 1.29 is 9.90 Å². The molecule has 0 saturated heterocycles. The van der Waals surface area contributed by atoms with Crippen LogP contribution in [0.5, 0.6) is 0 Å². The number of carboxylic acid groups (broad SMARTS) is 1. The molecule has 138 valence electrons. The van der Waals surface area contributed by atoms with Gasteiger partial charge in [-0.1, -0.05) is 18.2 Å². The minimum atomic E-state index is -1.08. The maximum atomic E-state index is 13.0. The molecule has 0 spiro atoms. The van der Waals surface area contributed by atoms with Gasteiger partial charge < -0.3 is 14.7 Å². The summed E-state index contributed by atoms with van der Waals surface area (Å²) < 4.78 is 2.69. The van der Waals surface area contributed by atoms with Crippen LogP contribution in [-0.2, 0) is 11.2 Å². The molecule has 1 unspecified atom stereocenters. The molecule has 4 heterocycles. The van der Waals surface area contributed by atoms with Crippen LogP contribution in [0.2, 0.25) is 0 Å². The van der Waals surface area contributed by atoms with E-state index in [1.165, 1.54) is 27.8 Å². The minimum Gasteiger partial charge on any atom is -0.480 e. The number of carboxylic acids is 1. The second-order valence-electron chi connectivity index (χ2n) is 6.47. The number of H-pyrrole nitrogens is 1. The van der Waals surface area contributed by atoms with Crippen molar-refractivity contribution in [3.8, 4) is 0 Å². The zero-order valence-corrected chi connectivity index (χ0v) is 14.5. The Labute approximate surface area is 156 Å². The predicted molar refractivity (Wildman–Crippen MR) is 101 cm³/mol. The maximum absolute atomic E-state index is 13.0. The Balaban J connectivity index is 1.65. The molecule has 5 rings (SSSR count). The molecule has 0 aliphatic rings. The lowest BCUT2D eigenvalue weighted by atomic mass is 10.0. The highest BCUT2D eigenvalue weighted by molar-refractivity contribution is 5.84. The van der Waals surface area contributed by atoms with E-state index >= 15 is 0 Å². The van der Waals surface area contributed by atoms with Crippen molar-refractivity contribution >= 4 is 33.6 Å². The SMILES string of the molecule is O=C(O)C(Cc1c[nH]c2ccccc12)n1ccc2c(cnc3ncnn32)c1=O. The van der Waals surface area contributed by atoms with Gasteiger partial charge in [-0.15, -0.1) is 0 Å². The number of para-hydroxylation sites is 1. The molecule has 0 fully saturated rings. The van der Waals surface area contributed by atoms with Gasteiger partial charge in [0.2, 0.25) is 0 Å². The van der Waals surface area contributed by atoms with Crippen molar-refractivity contribution in [2.45, 2.75) is 12.5 Å². The number of nitrogens with zero attached hydrogens (tertiary/aromatic N) is 5. The van der Waals surface area contributed by atoms with Gasteiger partial charge >= 0.3 is 5.97 Å². The Morgan fingerprint density at radius 1 is 1.18 bits per heavy atom. The normalized spacial score (nSPS) is 12.7. The first-order chi connectivity index (χ1) is 13.6. The summed E-state index contributed by atoms with van der Waals surface area (Å²) in [5, 5.41) is 15.1. The van der Waals surface area contributed by atoms with Gasteiger partial charge in [-0.25, -0.2) is 9.78 Å². The second-order valence-corrected chi connectivity index (χ2v) is 6.47. The molecule has 1 atom stereocenters. The van der Waals surface area contributed by atoms with E-state index in [0.29, 0.717) is 11.3 Å². The zero-order chi connectivity index (χ0) is 19.3. The molecule has 0 saturated carbocycles. The number of carbonyl (C=O) groups is 1. The number of rotatable bonds is 4. The Bertz CT molecular complexity index is 1410. The lowest BCUT2D eigenvalue weighted by Crippen LogP contribution is -2.31. The van der Waals surface area contributed by atoms with E-state index < -0.39 is 17.6 Å². The molecule has 0 aliphatic carbocycles. The number of aromatic nitrogens is 6. The predicted octanol–water partition coefficient (Wildman–Crippen LogP) is 1.79. The van der Waals surface area contributed by atoms with Gasteiger partial charge in [0, 0.05) is 35.9 Å². The quantitative estimate of drug-likeness (QED) is 0.495. The van der Waals surface area contributed by atoms with Crippen molar-refractivity contribution in [2.24, 2.45) is 0 Å². The highest BCUT2D eigenvalue weighted by Gasteiger charge is 2.24. The van der Waals surface area contributed by atoms with Gasteiger partial charge in [0.25, 0.3) is 11.3 Å². The fraction of sp³-hybridized carbons (Fsp3) is 0.105. The van der Waals surface area contributed by atoms with Crippen molar-refractivity contribution in [2.75, 3.05) is 0 Å². The first kappa shape index (κ1) is 16.2. The van der Waals surface area contributed by atoms with E-state index in [1.807, 2.05) is 24.3 Å². The molecule has 28 heavy (non-hydrogen) atoms. The zero-order valence-electron chi connectivity index (χ0n) is 14.5. The average molecular weight is 374 g/mol. The van der Waals surface area contributed by atoms with Crippen LogP contribution in [0.4, 0.5) is 0 Å². The fourth-order valence-corrected chi connectivity index (χ4v) is 3.54. The molecular formula is C19H14N6O3. The molecule has 9 heteroatoms. The van der Waals surface area contributed by atoms with Crippen molar-refractivity contribution in [1.29, 1.82) is 0 Å². The Morgan fingerprint density at radius 3 is 2.89 bits per heavy atom. The van der Waals surface area contributed by atoms with Crippen LogP contribution in [0.15, 0.2) is 60.0 Å². The largest absolute Gasteiger partial charge is 0.480 e. The Hall–Kier alpha value is -4.01. The number of hydrogen-bond acceptors (Lipinski definition) is 5. The molecule has 5 aromatic rings. The topological polar surface area (TPSA) is 118 Å². The molecule has 2 N–H and O–H groups in total. The van der Waals surface area contributed by atoms with Crippen molar-refractivity contribution in [1.82, 2.24) is 29.1 Å². The monoisotopic (exact) mass is 374 g/mol. The molecule has 0 radical (unpaired) electrons. The van der Waals surface area contributed by atoms with Gasteiger partial charge in [0.1, 0.15) is 12.4 Å². The molecule has 9 nitrogen and oxygen atoms in total. The van der Waals surface area contributed by atoms with Crippen molar-refractivity contribution in [3.05, 3.63) is 71.2 Å². The number of fused-ring (bicyclic) bond motifs is 4. The lowest BCUT2D eigenvalue weighted by molar-refractivity contribution is -0.140. The van der Waals surface area contributed by atoms with E-state index in [-0.39, 0.29) is 11.8 Å². The summed E-state index contributed by atoms with van der Waals surface area (Å²) in [6.07, 6.45) is 6.20. The third-order valence-electron chi connectivity index (χ3n) is 4.91. The van der Waals surface area contributed by atoms with Gasteiger partial charge in [-0.3, -0.25) is 4.79 Å². The summed E-state index contributed by atoms with van der Waals surface area (Å²) >= 11 is 0. The summed E-state index contributed by atoms with van der Waals surface area (Å²) in [5.41, 5.74) is 1.85. The third-order valence-corrected chi connectivity index (χ3v) is 4.91. The number of nitrogens with one attached hydrogen (secondary N) is 1. The summed E-state index contributed by atoms with van der Waals surface area (Å²) in [6.45, 7) is 0. The average Bonchev–Trinajstić information content (AvgIpc) is 3.33. The fourth-order valence-electron chi connectivity index (χ4n) is 3.54. The first-order valence-corrected chi connectivity index (χ1v) is 8.61. The van der Waals surface area contributed by atoms with E-state index in [0.717, 1.165) is 16.5 Å². The van der Waals surface area contributed by atoms with Gasteiger partial charge in [-0.05, 0) is 17.7 Å². The number of aromatic amines is 1. The van der Waals surface area contributed by atoms with Crippen LogP contribution in [0.1, 0.15) is 11.6 Å². The van der Waals surface area contributed by atoms with Crippen LogP contribution in [0, 0.1) is 0 Å². The van der Waals surface area contributed by atoms with E-state index in [2.05, 4.69) is 20.1 Å². The van der Waals surface area contributed by atoms with Crippen LogP contribution >= 0.6 is 0 Å². The van der Waals surface area contributed by atoms with E-state index in [1.54, 1.807) is 12.3 Å². The smallest absolute Gasteiger partial charge is 0.327 e. The molecule has 0 bridgehead atoms. The molecule has 1 aromatic carbocycles. The summed E-state index contributed by atoms with van der Waals surface area (Å²) in [6, 6.07) is 8.25. The van der Waals surface area contributed by atoms with Gasteiger partial charge in [-0.2, -0.15) is 14.6 Å². The summed E-state index contributed by atoms with van der Waals surface area (Å²) in [4.78, 5) is 36.3. The Kier molecular flexibility index (Phi) is 3.48. The van der Waals surface area contributed by atoms with Gasteiger partial charge in [0.05, 0.1) is 10.9 Å². The minimum absolute atomic E-state index is 0.170. The van der Waals surface area contributed by atoms with E-state index in [9.17, 15) is 14.7 Å². The number of benzene rings is 1. The first-order valence-electron chi connectivity index (χ1n) is 8.61. The van der Waals surface area contributed by atoms with Crippen LogP contribution in [0.25, 0.3) is 27.6 Å². The van der Waals surface area contributed by atoms with Crippen molar-refractivity contribution in [3.63, 3.8) is 0 Å². The second kappa shape index (κ2) is 6.02. The number of aliphatic carboxylic acids is 1. The number of pyridine rings is 1. The van der Waals surface area contributed by atoms with Crippen LogP contribution in [0.3, 0.4) is 0 Å². The number of hydrogen-bond donors (Lipinski definition) is 2. The summed E-state index contributed by atoms with van der Waals surface area (Å²) in [5.74, 6) is -0.709. The molecule has 0 aliphatic heterocycles. The molecule has 4 aromatic heterocycles. The standard InChI is InChI=1S/C19H14N6O3/c26-17-13-9-21-19-22-10-23-25(19)15(13)5-6-24(17)16(18(27)28)7-11-8-20-14-4-2-1-3-12(11)14/h1-6,8-10,16,20H,7H2,(H,27,28). The van der Waals surface area contributed by atoms with Crippen LogP contribution in [-0.4, -0.2) is 40.2 Å². The molecular weight excluding hydrogens is 360 g/mol. The van der Waals surface area contributed by atoms with Crippen LogP contribution < -0.4 is 5.56 Å². The third kappa shape index (κ3) is 2.37.